The minimum Gasteiger partial charge on any atom is -0.467 e. The molecule has 1 amide bonds. The Labute approximate surface area is 89.8 Å². The van der Waals surface area contributed by atoms with Crippen LogP contribution in [0.25, 0.3) is 0 Å². The molecule has 0 spiro atoms. The Morgan fingerprint density at radius 3 is 2.60 bits per heavy atom. The van der Waals surface area contributed by atoms with Crippen molar-refractivity contribution >= 4 is 5.91 Å². The predicted molar refractivity (Wildman–Crippen MR) is 58.1 cm³/mol. The topological polar surface area (TPSA) is 68.3 Å². The Morgan fingerprint density at radius 1 is 1.47 bits per heavy atom. The van der Waals surface area contributed by atoms with E-state index >= 15 is 0 Å². The largest absolute Gasteiger partial charge is 0.467 e. The van der Waals surface area contributed by atoms with Crippen molar-refractivity contribution < 1.29 is 9.21 Å². The molecular formula is C11H18N2O2. The molecule has 1 aromatic heterocycles. The molecule has 0 aliphatic rings. The standard InChI is InChI=1S/C11H18N2O2/c1-7(2)10(12)11(14)13-8(3)9-5-4-6-15-9/h4-8,10H,12H2,1-3H3,(H,13,14)/t8?,10-/m1/s1. The Hall–Kier alpha value is -1.29. The molecule has 15 heavy (non-hydrogen) atoms. The molecule has 0 bridgehead atoms. The molecule has 1 unspecified atom stereocenters. The number of nitrogens with two attached hydrogens (primary N) is 1. The third-order valence-corrected chi connectivity index (χ3v) is 2.35. The SMILES string of the molecule is CC(NC(=O)[C@H](N)C(C)C)c1ccco1. The van der Waals surface area contributed by atoms with Gasteiger partial charge in [-0.2, -0.15) is 0 Å². The zero-order chi connectivity index (χ0) is 11.4. The number of hydrogen-bond acceptors (Lipinski definition) is 3. The van der Waals surface area contributed by atoms with Gasteiger partial charge in [-0.1, -0.05) is 13.8 Å². The van der Waals surface area contributed by atoms with Crippen molar-refractivity contribution in [2.75, 3.05) is 0 Å². The summed E-state index contributed by atoms with van der Waals surface area (Å²) in [5.41, 5.74) is 5.72. The summed E-state index contributed by atoms with van der Waals surface area (Å²) in [6, 6.07) is 3.01. The van der Waals surface area contributed by atoms with Gasteiger partial charge in [-0.15, -0.1) is 0 Å². The van der Waals surface area contributed by atoms with Crippen molar-refractivity contribution in [2.24, 2.45) is 11.7 Å². The third-order valence-electron chi connectivity index (χ3n) is 2.35. The molecule has 0 aliphatic heterocycles. The number of furan rings is 1. The highest BCUT2D eigenvalue weighted by Gasteiger charge is 2.20. The first-order chi connectivity index (χ1) is 7.02. The second-order valence-electron chi connectivity index (χ2n) is 4.02. The van der Waals surface area contributed by atoms with Crippen LogP contribution in [0.3, 0.4) is 0 Å². The summed E-state index contributed by atoms with van der Waals surface area (Å²) in [5.74, 6) is 0.724. The van der Waals surface area contributed by atoms with E-state index in [1.807, 2.05) is 26.8 Å². The number of amides is 1. The first kappa shape index (κ1) is 11.8. The van der Waals surface area contributed by atoms with E-state index in [4.69, 9.17) is 10.2 Å². The fraction of sp³-hybridized carbons (Fsp3) is 0.545. The molecular weight excluding hydrogens is 192 g/mol. The molecule has 1 rings (SSSR count). The lowest BCUT2D eigenvalue weighted by Gasteiger charge is -2.18. The average Bonchev–Trinajstić information content (AvgIpc) is 2.68. The van der Waals surface area contributed by atoms with Gasteiger partial charge < -0.3 is 15.5 Å². The van der Waals surface area contributed by atoms with Crippen LogP contribution in [0.2, 0.25) is 0 Å². The van der Waals surface area contributed by atoms with Gasteiger partial charge in [0.1, 0.15) is 5.76 Å². The number of carbonyl (C=O) groups is 1. The monoisotopic (exact) mass is 210 g/mol. The summed E-state index contributed by atoms with van der Waals surface area (Å²) >= 11 is 0. The molecule has 1 heterocycles. The molecule has 4 heteroatoms. The maximum atomic E-state index is 11.6. The van der Waals surface area contributed by atoms with E-state index in [1.165, 1.54) is 0 Å². The second kappa shape index (κ2) is 4.98. The first-order valence-corrected chi connectivity index (χ1v) is 5.11. The highest BCUT2D eigenvalue weighted by atomic mass is 16.3. The lowest BCUT2D eigenvalue weighted by molar-refractivity contribution is -0.124. The van der Waals surface area contributed by atoms with Crippen LogP contribution in [0.5, 0.6) is 0 Å². The third kappa shape index (κ3) is 3.09. The molecule has 0 radical (unpaired) electrons. The molecule has 0 saturated heterocycles. The van der Waals surface area contributed by atoms with Crippen molar-refractivity contribution in [1.82, 2.24) is 5.32 Å². The molecule has 84 valence electrons. The van der Waals surface area contributed by atoms with E-state index in [9.17, 15) is 4.79 Å². The van der Waals surface area contributed by atoms with Gasteiger partial charge in [0.15, 0.2) is 0 Å². The van der Waals surface area contributed by atoms with Gasteiger partial charge in [-0.25, -0.2) is 0 Å². The summed E-state index contributed by atoms with van der Waals surface area (Å²) in [4.78, 5) is 11.6. The number of hydrogen-bond donors (Lipinski definition) is 2. The zero-order valence-corrected chi connectivity index (χ0v) is 9.36. The fourth-order valence-corrected chi connectivity index (χ4v) is 1.22. The second-order valence-corrected chi connectivity index (χ2v) is 4.02. The van der Waals surface area contributed by atoms with E-state index in [0.29, 0.717) is 0 Å². The molecule has 3 N–H and O–H groups in total. The number of carbonyl (C=O) groups excluding carboxylic acids is 1. The van der Waals surface area contributed by atoms with E-state index in [0.717, 1.165) is 5.76 Å². The van der Waals surface area contributed by atoms with Crippen molar-refractivity contribution in [3.05, 3.63) is 24.2 Å². The van der Waals surface area contributed by atoms with Gasteiger partial charge in [0.2, 0.25) is 5.91 Å². The zero-order valence-electron chi connectivity index (χ0n) is 9.36. The first-order valence-electron chi connectivity index (χ1n) is 5.11. The number of rotatable bonds is 4. The summed E-state index contributed by atoms with van der Waals surface area (Å²) in [6.07, 6.45) is 1.58. The van der Waals surface area contributed by atoms with Gasteiger partial charge in [0, 0.05) is 0 Å². The molecule has 0 aliphatic carbocycles. The van der Waals surface area contributed by atoms with Crippen LogP contribution in [-0.4, -0.2) is 11.9 Å². The minimum atomic E-state index is -0.470. The van der Waals surface area contributed by atoms with Crippen LogP contribution in [0.1, 0.15) is 32.6 Å². The Bertz CT molecular complexity index is 306. The van der Waals surface area contributed by atoms with Crippen molar-refractivity contribution in [3.8, 4) is 0 Å². The Morgan fingerprint density at radius 2 is 2.13 bits per heavy atom. The summed E-state index contributed by atoms with van der Waals surface area (Å²) < 4.78 is 5.18. The predicted octanol–water partition coefficient (Wildman–Crippen LogP) is 1.44. The van der Waals surface area contributed by atoms with Crippen LogP contribution in [0.15, 0.2) is 22.8 Å². The lowest BCUT2D eigenvalue weighted by Crippen LogP contribution is -2.44. The summed E-state index contributed by atoms with van der Waals surface area (Å²) in [5, 5.41) is 2.81. The number of nitrogens with one attached hydrogen (secondary N) is 1. The van der Waals surface area contributed by atoms with Crippen LogP contribution >= 0.6 is 0 Å². The summed E-state index contributed by atoms with van der Waals surface area (Å²) in [6.45, 7) is 5.70. The highest BCUT2D eigenvalue weighted by molar-refractivity contribution is 5.82. The molecule has 0 saturated carbocycles. The van der Waals surface area contributed by atoms with E-state index in [-0.39, 0.29) is 17.9 Å². The van der Waals surface area contributed by atoms with Crippen LogP contribution in [-0.2, 0) is 4.79 Å². The van der Waals surface area contributed by atoms with Crippen molar-refractivity contribution in [2.45, 2.75) is 32.9 Å². The molecule has 0 fully saturated rings. The Kier molecular flexibility index (Phi) is 3.91. The minimum absolute atomic E-state index is 0.133. The Balaban J connectivity index is 2.52. The average molecular weight is 210 g/mol. The lowest BCUT2D eigenvalue weighted by atomic mass is 10.0. The van der Waals surface area contributed by atoms with Crippen LogP contribution in [0, 0.1) is 5.92 Å². The highest BCUT2D eigenvalue weighted by Crippen LogP contribution is 2.12. The normalized spacial score (nSPS) is 15.0. The molecule has 0 aromatic carbocycles. The van der Waals surface area contributed by atoms with Gasteiger partial charge in [-0.05, 0) is 25.0 Å². The fourth-order valence-electron chi connectivity index (χ4n) is 1.22. The van der Waals surface area contributed by atoms with E-state index in [1.54, 1.807) is 12.3 Å². The maximum Gasteiger partial charge on any atom is 0.237 e. The van der Waals surface area contributed by atoms with E-state index < -0.39 is 6.04 Å². The van der Waals surface area contributed by atoms with Gasteiger partial charge >= 0.3 is 0 Å². The quantitative estimate of drug-likeness (QED) is 0.790. The van der Waals surface area contributed by atoms with Crippen LogP contribution < -0.4 is 11.1 Å². The van der Waals surface area contributed by atoms with Gasteiger partial charge in [0.25, 0.3) is 0 Å². The van der Waals surface area contributed by atoms with Crippen molar-refractivity contribution in [1.29, 1.82) is 0 Å². The molecule has 4 nitrogen and oxygen atoms in total. The molecule has 2 atom stereocenters. The van der Waals surface area contributed by atoms with E-state index in [2.05, 4.69) is 5.32 Å². The maximum absolute atomic E-state index is 11.6. The van der Waals surface area contributed by atoms with Gasteiger partial charge in [0.05, 0.1) is 18.3 Å². The smallest absolute Gasteiger partial charge is 0.237 e. The van der Waals surface area contributed by atoms with Gasteiger partial charge in [-0.3, -0.25) is 4.79 Å². The molecule has 1 aromatic rings. The van der Waals surface area contributed by atoms with Crippen molar-refractivity contribution in [3.63, 3.8) is 0 Å². The van der Waals surface area contributed by atoms with Crippen LogP contribution in [0.4, 0.5) is 0 Å². The summed E-state index contributed by atoms with van der Waals surface area (Å²) in [7, 11) is 0.